The number of ether oxygens (including phenoxy) is 4. The van der Waals surface area contributed by atoms with Crippen LogP contribution in [-0.2, 0) is 28.0 Å². The van der Waals surface area contributed by atoms with Gasteiger partial charge in [0, 0.05) is 23.0 Å². The average molecular weight is 679 g/mol. The van der Waals surface area contributed by atoms with E-state index in [2.05, 4.69) is 71.0 Å². The van der Waals surface area contributed by atoms with E-state index in [1.54, 1.807) is 0 Å². The summed E-state index contributed by atoms with van der Waals surface area (Å²) in [6, 6.07) is 14.2. The van der Waals surface area contributed by atoms with Crippen molar-refractivity contribution in [1.82, 2.24) is 0 Å². The van der Waals surface area contributed by atoms with E-state index in [0.717, 1.165) is 103 Å². The smallest absolute Gasteiger partial charge is 0.423 e. The van der Waals surface area contributed by atoms with Gasteiger partial charge in [0.25, 0.3) is 0 Å². The van der Waals surface area contributed by atoms with Crippen LogP contribution in [0.2, 0.25) is 0 Å². The van der Waals surface area contributed by atoms with Crippen molar-refractivity contribution in [3.05, 3.63) is 81.9 Å². The van der Waals surface area contributed by atoms with Gasteiger partial charge in [-0.2, -0.15) is 0 Å². The van der Waals surface area contributed by atoms with Gasteiger partial charge in [-0.05, 0) is 121 Å². The van der Waals surface area contributed by atoms with E-state index in [1.807, 2.05) is 32.9 Å². The Hall–Kier alpha value is -4.06. The molecule has 0 bridgehead atoms. The van der Waals surface area contributed by atoms with Crippen molar-refractivity contribution in [2.75, 3.05) is 0 Å². The molecule has 6 nitrogen and oxygen atoms in total. The molecule has 6 heteroatoms. The molecule has 0 saturated carbocycles. The van der Waals surface area contributed by atoms with Crippen LogP contribution in [0.15, 0.2) is 54.1 Å². The predicted molar refractivity (Wildman–Crippen MR) is 198 cm³/mol. The molecule has 6 rings (SSSR count). The van der Waals surface area contributed by atoms with E-state index in [9.17, 15) is 9.59 Å². The van der Waals surface area contributed by atoms with Gasteiger partial charge in [-0.1, -0.05) is 74.9 Å². The Bertz CT molecular complexity index is 1810. The molecule has 3 aliphatic rings. The van der Waals surface area contributed by atoms with Crippen LogP contribution in [0.25, 0.3) is 11.1 Å². The Balaban J connectivity index is 1.36. The van der Waals surface area contributed by atoms with Gasteiger partial charge in [0.2, 0.25) is 0 Å². The second kappa shape index (κ2) is 14.3. The molecule has 266 valence electrons. The van der Waals surface area contributed by atoms with Crippen LogP contribution >= 0.6 is 0 Å². The minimum absolute atomic E-state index is 0.0121. The first-order chi connectivity index (χ1) is 23.8. The minimum atomic E-state index is -1.06. The second-order valence-corrected chi connectivity index (χ2v) is 15.7. The Morgan fingerprint density at radius 3 is 2.06 bits per heavy atom. The highest BCUT2D eigenvalue weighted by molar-refractivity contribution is 6.31. The molecule has 0 N–H and O–H groups in total. The molecule has 2 heterocycles. The Labute approximate surface area is 298 Å². The van der Waals surface area contributed by atoms with Gasteiger partial charge in [0.05, 0.1) is 5.56 Å². The van der Waals surface area contributed by atoms with E-state index < -0.39 is 17.5 Å². The first-order valence-electron chi connectivity index (χ1n) is 18.8. The molecule has 0 fully saturated rings. The number of unbranched alkanes of at least 4 members (excludes halogenated alkanes) is 4. The van der Waals surface area contributed by atoms with E-state index >= 15 is 0 Å². The summed E-state index contributed by atoms with van der Waals surface area (Å²) in [6.07, 6.45) is 12.3. The number of aryl methyl sites for hydroxylation is 3. The zero-order valence-corrected chi connectivity index (χ0v) is 31.3. The molecule has 0 saturated heterocycles. The molecule has 0 spiro atoms. The van der Waals surface area contributed by atoms with Gasteiger partial charge in [-0.15, -0.1) is 0 Å². The maximum atomic E-state index is 13.8. The lowest BCUT2D eigenvalue weighted by Crippen LogP contribution is -2.45. The molecule has 50 heavy (non-hydrogen) atoms. The van der Waals surface area contributed by atoms with Crippen LogP contribution in [0.5, 0.6) is 23.0 Å². The molecule has 0 radical (unpaired) electrons. The summed E-state index contributed by atoms with van der Waals surface area (Å²) in [5.74, 6) is 0.180. The van der Waals surface area contributed by atoms with Crippen LogP contribution < -0.4 is 18.9 Å². The van der Waals surface area contributed by atoms with Gasteiger partial charge in [-0.25, -0.2) is 9.59 Å². The number of fused-ring (bicyclic) bond motifs is 6. The SMILES string of the molecule is CCCCCc1cc(OC(=O)C(=O)Oc2cc(CCCCC)cc3c2[C@@H]2C=C(C)CC[C@H]2C(C)(C)O3)c2c(c1)OC(C)(C)c1ccc(C)cc1-2. The predicted octanol–water partition coefficient (Wildman–Crippen LogP) is 10.9. The van der Waals surface area contributed by atoms with Gasteiger partial charge in [-0.3, -0.25) is 0 Å². The van der Waals surface area contributed by atoms with Crippen LogP contribution in [0, 0.1) is 12.8 Å². The summed E-state index contributed by atoms with van der Waals surface area (Å²) >= 11 is 0. The molecule has 3 aromatic rings. The maximum Gasteiger partial charge on any atom is 0.423 e. The van der Waals surface area contributed by atoms with Crippen molar-refractivity contribution in [3.8, 4) is 34.1 Å². The fourth-order valence-corrected chi connectivity index (χ4v) is 8.17. The van der Waals surface area contributed by atoms with Crippen LogP contribution in [-0.4, -0.2) is 17.5 Å². The molecular weight excluding hydrogens is 624 g/mol. The summed E-state index contributed by atoms with van der Waals surface area (Å²) < 4.78 is 25.3. The van der Waals surface area contributed by atoms with Crippen LogP contribution in [0.1, 0.15) is 134 Å². The van der Waals surface area contributed by atoms with Crippen LogP contribution in [0.4, 0.5) is 0 Å². The summed E-state index contributed by atoms with van der Waals surface area (Å²) in [6.45, 7) is 16.9. The maximum absolute atomic E-state index is 13.8. The van der Waals surface area contributed by atoms with Crippen molar-refractivity contribution in [1.29, 1.82) is 0 Å². The monoisotopic (exact) mass is 678 g/mol. The van der Waals surface area contributed by atoms with E-state index in [0.29, 0.717) is 22.8 Å². The quantitative estimate of drug-likeness (QED) is 0.0699. The minimum Gasteiger partial charge on any atom is -0.487 e. The van der Waals surface area contributed by atoms with Crippen molar-refractivity contribution in [2.24, 2.45) is 5.92 Å². The normalized spacial score (nSPS) is 19.4. The fourth-order valence-electron chi connectivity index (χ4n) is 8.17. The number of rotatable bonds is 10. The number of hydrogen-bond acceptors (Lipinski definition) is 6. The third-order valence-corrected chi connectivity index (χ3v) is 10.8. The third-order valence-electron chi connectivity index (χ3n) is 10.8. The van der Waals surface area contributed by atoms with Gasteiger partial charge < -0.3 is 18.9 Å². The summed E-state index contributed by atoms with van der Waals surface area (Å²) in [5, 5.41) is 0. The van der Waals surface area contributed by atoms with E-state index in [1.165, 1.54) is 5.57 Å². The Morgan fingerprint density at radius 2 is 1.40 bits per heavy atom. The van der Waals surface area contributed by atoms with Crippen molar-refractivity contribution < 1.29 is 28.5 Å². The number of benzene rings is 3. The number of carbonyl (C=O) groups is 2. The molecule has 2 aliphatic heterocycles. The summed E-state index contributed by atoms with van der Waals surface area (Å²) in [5.41, 5.74) is 6.89. The van der Waals surface area contributed by atoms with Crippen LogP contribution in [0.3, 0.4) is 0 Å². The Morgan fingerprint density at radius 1 is 0.780 bits per heavy atom. The fraction of sp³-hybridized carbons (Fsp3) is 0.500. The zero-order chi connectivity index (χ0) is 35.8. The number of hydrogen-bond donors (Lipinski definition) is 0. The first kappa shape index (κ1) is 35.8. The largest absolute Gasteiger partial charge is 0.487 e. The third kappa shape index (κ3) is 7.22. The van der Waals surface area contributed by atoms with Crippen molar-refractivity contribution in [2.45, 2.75) is 137 Å². The molecule has 3 aromatic carbocycles. The van der Waals surface area contributed by atoms with E-state index in [4.69, 9.17) is 18.9 Å². The lowest BCUT2D eigenvalue weighted by Gasteiger charge is -2.46. The van der Waals surface area contributed by atoms with Crippen molar-refractivity contribution in [3.63, 3.8) is 0 Å². The number of allylic oxidation sites excluding steroid dienone is 2. The molecule has 2 atom stereocenters. The molecular formula is C44H54O6. The lowest BCUT2D eigenvalue weighted by atomic mass is 9.68. The average Bonchev–Trinajstić information content (AvgIpc) is 3.03. The van der Waals surface area contributed by atoms with Crippen molar-refractivity contribution >= 4 is 11.9 Å². The number of carbonyl (C=O) groups excluding carboxylic acids is 2. The van der Waals surface area contributed by atoms with E-state index in [-0.39, 0.29) is 17.4 Å². The van der Waals surface area contributed by atoms with Gasteiger partial charge >= 0.3 is 11.9 Å². The molecule has 1 aliphatic carbocycles. The second-order valence-electron chi connectivity index (χ2n) is 15.7. The summed E-state index contributed by atoms with van der Waals surface area (Å²) in [7, 11) is 0. The topological polar surface area (TPSA) is 71.1 Å². The Kier molecular flexibility index (Phi) is 10.2. The molecule has 0 unspecified atom stereocenters. The lowest BCUT2D eigenvalue weighted by molar-refractivity contribution is -0.156. The highest BCUT2D eigenvalue weighted by Crippen LogP contribution is 2.54. The standard InChI is InChI=1S/C44H54O6/c1-9-11-13-15-29-23-35(39-31-21-27(3)17-19-33(31)43(5,6)49-37(39)25-29)47-41(45)42(46)48-36-24-30(16-14-12-10-2)26-38-40(36)32-22-28(4)18-20-34(32)44(7,8)50-38/h17,19,21-26,32,34H,9-16,18,20H2,1-8H3/t32-,34-/m1/s1. The molecule has 0 aromatic heterocycles. The number of esters is 2. The first-order valence-corrected chi connectivity index (χ1v) is 18.8. The molecule has 0 amide bonds. The van der Waals surface area contributed by atoms with Gasteiger partial charge in [0.15, 0.2) is 0 Å². The summed E-state index contributed by atoms with van der Waals surface area (Å²) in [4.78, 5) is 27.6. The zero-order valence-electron chi connectivity index (χ0n) is 31.3. The highest BCUT2D eigenvalue weighted by Gasteiger charge is 2.46. The highest BCUT2D eigenvalue weighted by atomic mass is 16.6. The van der Waals surface area contributed by atoms with Gasteiger partial charge in [0.1, 0.15) is 34.2 Å².